The van der Waals surface area contributed by atoms with Crippen LogP contribution in [0, 0.1) is 11.3 Å². The Hall–Kier alpha value is -1.00. The monoisotopic (exact) mass is 305 g/mol. The summed E-state index contributed by atoms with van der Waals surface area (Å²) in [5, 5.41) is 9.42. The zero-order valence-corrected chi connectivity index (χ0v) is 14.1. The SMILES string of the molecule is CCCCCCCCCCCCc1ccc(C#N)c(Cl)c1. The van der Waals surface area contributed by atoms with Gasteiger partial charge in [-0.05, 0) is 30.5 Å². The van der Waals surface area contributed by atoms with Gasteiger partial charge in [0.25, 0.3) is 0 Å². The Morgan fingerprint density at radius 3 is 2.00 bits per heavy atom. The van der Waals surface area contributed by atoms with Crippen LogP contribution < -0.4 is 0 Å². The molecule has 0 unspecified atom stereocenters. The summed E-state index contributed by atoms with van der Waals surface area (Å²) in [5.74, 6) is 0. The molecule has 0 bridgehead atoms. The highest BCUT2D eigenvalue weighted by atomic mass is 35.5. The number of rotatable bonds is 11. The first-order valence-electron chi connectivity index (χ1n) is 8.46. The lowest BCUT2D eigenvalue weighted by Gasteiger charge is -2.04. The predicted octanol–water partition coefficient (Wildman–Crippen LogP) is 6.68. The van der Waals surface area contributed by atoms with Crippen LogP contribution in [-0.4, -0.2) is 0 Å². The Morgan fingerprint density at radius 2 is 1.48 bits per heavy atom. The molecule has 0 heterocycles. The minimum absolute atomic E-state index is 0.573. The van der Waals surface area contributed by atoms with Crippen molar-refractivity contribution in [1.29, 1.82) is 5.26 Å². The van der Waals surface area contributed by atoms with Gasteiger partial charge < -0.3 is 0 Å². The lowest BCUT2D eigenvalue weighted by molar-refractivity contribution is 0.556. The Labute approximate surface area is 135 Å². The number of benzene rings is 1. The fourth-order valence-electron chi connectivity index (χ4n) is 2.62. The number of unbranched alkanes of at least 4 members (excludes halogenated alkanes) is 9. The predicted molar refractivity (Wildman–Crippen MR) is 91.7 cm³/mol. The maximum atomic E-state index is 8.84. The van der Waals surface area contributed by atoms with Gasteiger partial charge in [0, 0.05) is 0 Å². The largest absolute Gasteiger partial charge is 0.192 e. The molecule has 0 fully saturated rings. The second kappa shape index (κ2) is 11.6. The molecule has 0 radical (unpaired) electrons. The van der Waals surface area contributed by atoms with Crippen molar-refractivity contribution in [2.45, 2.75) is 77.6 Å². The number of halogens is 1. The highest BCUT2D eigenvalue weighted by Gasteiger charge is 2.01. The van der Waals surface area contributed by atoms with E-state index in [0.717, 1.165) is 6.42 Å². The summed E-state index contributed by atoms with van der Waals surface area (Å²) in [6.45, 7) is 2.26. The lowest BCUT2D eigenvalue weighted by Crippen LogP contribution is -1.88. The Balaban J connectivity index is 2.02. The number of nitriles is 1. The molecule has 0 aliphatic rings. The molecule has 0 saturated heterocycles. The standard InChI is InChI=1S/C19H28ClN/c1-2-3-4-5-6-7-8-9-10-11-12-17-13-14-18(16-21)19(20)15-17/h13-15H,2-12H2,1H3. The van der Waals surface area contributed by atoms with E-state index >= 15 is 0 Å². The second-order valence-electron chi connectivity index (χ2n) is 5.86. The topological polar surface area (TPSA) is 23.8 Å². The molecular weight excluding hydrogens is 278 g/mol. The van der Waals surface area contributed by atoms with Gasteiger partial charge in [-0.25, -0.2) is 0 Å². The molecule has 0 saturated carbocycles. The summed E-state index contributed by atoms with van der Waals surface area (Å²) in [4.78, 5) is 0. The smallest absolute Gasteiger partial charge is 0.101 e. The van der Waals surface area contributed by atoms with E-state index in [9.17, 15) is 0 Å². The molecule has 1 rings (SSSR count). The molecule has 0 spiro atoms. The third kappa shape index (κ3) is 8.12. The van der Waals surface area contributed by atoms with E-state index in [-0.39, 0.29) is 0 Å². The van der Waals surface area contributed by atoms with E-state index in [4.69, 9.17) is 16.9 Å². The van der Waals surface area contributed by atoms with Gasteiger partial charge in [0.05, 0.1) is 10.6 Å². The molecule has 0 amide bonds. The second-order valence-corrected chi connectivity index (χ2v) is 6.27. The third-order valence-electron chi connectivity index (χ3n) is 3.97. The van der Waals surface area contributed by atoms with E-state index in [1.165, 1.54) is 69.8 Å². The van der Waals surface area contributed by atoms with Crippen molar-refractivity contribution in [2.24, 2.45) is 0 Å². The summed E-state index contributed by atoms with van der Waals surface area (Å²) in [5.41, 5.74) is 1.82. The zero-order valence-electron chi connectivity index (χ0n) is 13.3. The molecule has 1 nitrogen and oxygen atoms in total. The molecule has 0 aliphatic heterocycles. The maximum absolute atomic E-state index is 8.84. The van der Waals surface area contributed by atoms with E-state index in [1.807, 2.05) is 18.2 Å². The van der Waals surface area contributed by atoms with Gasteiger partial charge in [-0.3, -0.25) is 0 Å². The molecule has 0 aliphatic carbocycles. The van der Waals surface area contributed by atoms with Crippen molar-refractivity contribution in [2.75, 3.05) is 0 Å². The normalized spacial score (nSPS) is 10.5. The Morgan fingerprint density at radius 1 is 0.905 bits per heavy atom. The Bertz CT molecular complexity index is 434. The van der Waals surface area contributed by atoms with Gasteiger partial charge in [-0.1, -0.05) is 82.4 Å². The molecule has 0 aromatic heterocycles. The van der Waals surface area contributed by atoms with Crippen LogP contribution in [0.25, 0.3) is 0 Å². The molecule has 2 heteroatoms. The van der Waals surface area contributed by atoms with Crippen molar-refractivity contribution in [1.82, 2.24) is 0 Å². The van der Waals surface area contributed by atoms with Crippen molar-refractivity contribution < 1.29 is 0 Å². The number of hydrogen-bond acceptors (Lipinski definition) is 1. The molecule has 1 aromatic carbocycles. The molecule has 21 heavy (non-hydrogen) atoms. The van der Waals surface area contributed by atoms with Crippen LogP contribution in [0.2, 0.25) is 5.02 Å². The first-order chi connectivity index (χ1) is 10.3. The lowest BCUT2D eigenvalue weighted by atomic mass is 10.0. The van der Waals surface area contributed by atoms with Crippen LogP contribution >= 0.6 is 11.6 Å². The highest BCUT2D eigenvalue weighted by Crippen LogP contribution is 2.19. The quantitative estimate of drug-likeness (QED) is 0.418. The van der Waals surface area contributed by atoms with E-state index in [1.54, 1.807) is 0 Å². The van der Waals surface area contributed by atoms with Gasteiger partial charge >= 0.3 is 0 Å². The van der Waals surface area contributed by atoms with Crippen molar-refractivity contribution in [3.05, 3.63) is 34.3 Å². The van der Waals surface area contributed by atoms with Crippen LogP contribution in [-0.2, 0) is 6.42 Å². The zero-order chi connectivity index (χ0) is 15.3. The number of nitrogens with zero attached hydrogens (tertiary/aromatic N) is 1. The first-order valence-corrected chi connectivity index (χ1v) is 8.84. The summed E-state index contributed by atoms with van der Waals surface area (Å²) in [7, 11) is 0. The van der Waals surface area contributed by atoms with E-state index in [0.29, 0.717) is 10.6 Å². The minimum atomic E-state index is 0.573. The average Bonchev–Trinajstić information content (AvgIpc) is 2.49. The fraction of sp³-hybridized carbons (Fsp3) is 0.632. The van der Waals surface area contributed by atoms with Crippen LogP contribution in [0.4, 0.5) is 0 Å². The van der Waals surface area contributed by atoms with Crippen LogP contribution in [0.3, 0.4) is 0 Å². The fourth-order valence-corrected chi connectivity index (χ4v) is 2.87. The Kier molecular flexibility index (Phi) is 10.0. The van der Waals surface area contributed by atoms with Crippen molar-refractivity contribution >= 4 is 11.6 Å². The summed E-state index contributed by atoms with van der Waals surface area (Å²) in [6, 6.07) is 7.89. The summed E-state index contributed by atoms with van der Waals surface area (Å²) >= 11 is 6.04. The van der Waals surface area contributed by atoms with E-state index in [2.05, 4.69) is 13.0 Å². The molecule has 1 aromatic rings. The first kappa shape index (κ1) is 18.1. The molecule has 116 valence electrons. The molecular formula is C19H28ClN. The number of aryl methyl sites for hydroxylation is 1. The third-order valence-corrected chi connectivity index (χ3v) is 4.29. The summed E-state index contributed by atoms with van der Waals surface area (Å²) in [6.07, 6.45) is 14.7. The van der Waals surface area contributed by atoms with Crippen LogP contribution in [0.5, 0.6) is 0 Å². The maximum Gasteiger partial charge on any atom is 0.101 e. The van der Waals surface area contributed by atoms with Gasteiger partial charge in [0.15, 0.2) is 0 Å². The average molecular weight is 306 g/mol. The van der Waals surface area contributed by atoms with Crippen molar-refractivity contribution in [3.63, 3.8) is 0 Å². The van der Waals surface area contributed by atoms with Crippen LogP contribution in [0.15, 0.2) is 18.2 Å². The van der Waals surface area contributed by atoms with Gasteiger partial charge in [0.1, 0.15) is 6.07 Å². The number of hydrogen-bond donors (Lipinski definition) is 0. The van der Waals surface area contributed by atoms with Gasteiger partial charge in [-0.15, -0.1) is 0 Å². The van der Waals surface area contributed by atoms with Gasteiger partial charge in [-0.2, -0.15) is 5.26 Å². The molecule has 0 N–H and O–H groups in total. The van der Waals surface area contributed by atoms with Crippen molar-refractivity contribution in [3.8, 4) is 6.07 Å². The van der Waals surface area contributed by atoms with Crippen LogP contribution in [0.1, 0.15) is 82.3 Å². The molecule has 0 atom stereocenters. The summed E-state index contributed by atoms with van der Waals surface area (Å²) < 4.78 is 0. The van der Waals surface area contributed by atoms with Gasteiger partial charge in [0.2, 0.25) is 0 Å². The minimum Gasteiger partial charge on any atom is -0.192 e. The highest BCUT2D eigenvalue weighted by molar-refractivity contribution is 6.31. The van der Waals surface area contributed by atoms with E-state index < -0.39 is 0 Å².